The maximum absolute atomic E-state index is 12.1. The summed E-state index contributed by atoms with van der Waals surface area (Å²) in [6.07, 6.45) is 0. The predicted molar refractivity (Wildman–Crippen MR) is 90.7 cm³/mol. The molecule has 1 amide bonds. The Balaban J connectivity index is 1.84. The minimum absolute atomic E-state index is 0.0820. The molecule has 0 aromatic heterocycles. The molecule has 5 heteroatoms. The number of benzene rings is 1. The van der Waals surface area contributed by atoms with E-state index < -0.39 is 0 Å². The van der Waals surface area contributed by atoms with Crippen LogP contribution in [-0.4, -0.2) is 54.0 Å². The van der Waals surface area contributed by atoms with Crippen LogP contribution in [-0.2, 0) is 11.3 Å². The van der Waals surface area contributed by atoms with E-state index in [1.807, 2.05) is 39.0 Å². The van der Waals surface area contributed by atoms with E-state index in [2.05, 4.69) is 27.3 Å². The zero-order valence-corrected chi connectivity index (χ0v) is 14.2. The van der Waals surface area contributed by atoms with Gasteiger partial charge in [0.15, 0.2) is 0 Å². The van der Waals surface area contributed by atoms with E-state index in [0.29, 0.717) is 5.56 Å². The molecule has 1 aromatic rings. The zero-order valence-electron chi connectivity index (χ0n) is 14.2. The van der Waals surface area contributed by atoms with Crippen molar-refractivity contribution in [2.75, 3.05) is 26.2 Å². The number of amides is 1. The van der Waals surface area contributed by atoms with Crippen molar-refractivity contribution in [1.29, 1.82) is 5.26 Å². The van der Waals surface area contributed by atoms with Crippen LogP contribution in [0.3, 0.4) is 0 Å². The van der Waals surface area contributed by atoms with E-state index >= 15 is 0 Å². The number of rotatable bonds is 5. The summed E-state index contributed by atoms with van der Waals surface area (Å²) in [5.41, 5.74) is 1.88. The Kier molecular flexibility index (Phi) is 6.14. The lowest BCUT2D eigenvalue weighted by Gasteiger charge is -2.37. The summed E-state index contributed by atoms with van der Waals surface area (Å²) < 4.78 is 0. The van der Waals surface area contributed by atoms with Crippen LogP contribution in [0.15, 0.2) is 24.3 Å². The minimum Gasteiger partial charge on any atom is -0.353 e. The Labute approximate surface area is 138 Å². The molecule has 2 rings (SSSR count). The van der Waals surface area contributed by atoms with Crippen LogP contribution in [0.25, 0.3) is 0 Å². The number of carbonyl (C=O) groups is 1. The topological polar surface area (TPSA) is 59.4 Å². The average Bonchev–Trinajstić information content (AvgIpc) is 2.54. The molecular formula is C18H26N4O. The van der Waals surface area contributed by atoms with Crippen LogP contribution >= 0.6 is 0 Å². The Bertz CT molecular complexity index is 571. The molecule has 124 valence electrons. The molecule has 1 heterocycles. The molecule has 0 radical (unpaired) electrons. The van der Waals surface area contributed by atoms with Gasteiger partial charge in [-0.05, 0) is 38.5 Å². The molecule has 1 aromatic carbocycles. The van der Waals surface area contributed by atoms with E-state index in [4.69, 9.17) is 5.26 Å². The lowest BCUT2D eigenvalue weighted by atomic mass is 10.1. The lowest BCUT2D eigenvalue weighted by Crippen LogP contribution is -2.54. The quantitative estimate of drug-likeness (QED) is 0.896. The number of nitrogens with zero attached hydrogens (tertiary/aromatic N) is 3. The summed E-state index contributed by atoms with van der Waals surface area (Å²) in [7, 11) is 0. The number of carbonyl (C=O) groups excluding carboxylic acids is 1. The van der Waals surface area contributed by atoms with Crippen LogP contribution in [0.1, 0.15) is 31.9 Å². The summed E-state index contributed by atoms with van der Waals surface area (Å²) in [5.74, 6) is 0.107. The number of piperazine rings is 1. The van der Waals surface area contributed by atoms with Crippen molar-refractivity contribution in [3.05, 3.63) is 35.4 Å². The summed E-state index contributed by atoms with van der Waals surface area (Å²) in [4.78, 5) is 16.7. The fraction of sp³-hybridized carbons (Fsp3) is 0.556. The molecule has 1 aliphatic heterocycles. The highest BCUT2D eigenvalue weighted by molar-refractivity contribution is 5.81. The van der Waals surface area contributed by atoms with Crippen LogP contribution in [0.4, 0.5) is 0 Å². The van der Waals surface area contributed by atoms with Crippen LogP contribution < -0.4 is 5.32 Å². The van der Waals surface area contributed by atoms with Gasteiger partial charge < -0.3 is 5.32 Å². The van der Waals surface area contributed by atoms with Crippen LogP contribution in [0, 0.1) is 11.3 Å². The predicted octanol–water partition coefficient (Wildman–Crippen LogP) is 1.59. The van der Waals surface area contributed by atoms with Gasteiger partial charge in [0.1, 0.15) is 0 Å². The van der Waals surface area contributed by atoms with E-state index in [9.17, 15) is 4.79 Å². The fourth-order valence-corrected chi connectivity index (χ4v) is 2.88. The third-order valence-electron chi connectivity index (χ3n) is 4.23. The molecule has 23 heavy (non-hydrogen) atoms. The van der Waals surface area contributed by atoms with Gasteiger partial charge in [0, 0.05) is 38.8 Å². The Morgan fingerprint density at radius 3 is 2.57 bits per heavy atom. The van der Waals surface area contributed by atoms with Gasteiger partial charge in [0.05, 0.1) is 17.7 Å². The average molecular weight is 314 g/mol. The first-order valence-electron chi connectivity index (χ1n) is 8.25. The second-order valence-corrected chi connectivity index (χ2v) is 6.46. The number of hydrogen-bond donors (Lipinski definition) is 1. The van der Waals surface area contributed by atoms with Gasteiger partial charge in [-0.2, -0.15) is 5.26 Å². The van der Waals surface area contributed by atoms with Crippen molar-refractivity contribution in [1.82, 2.24) is 15.1 Å². The molecule has 1 atom stereocenters. The number of hydrogen-bond acceptors (Lipinski definition) is 4. The molecule has 1 fully saturated rings. The monoisotopic (exact) mass is 314 g/mol. The Hall–Kier alpha value is -1.90. The first-order valence-corrected chi connectivity index (χ1v) is 8.25. The maximum Gasteiger partial charge on any atom is 0.237 e. The fourth-order valence-electron chi connectivity index (χ4n) is 2.88. The molecule has 1 unspecified atom stereocenters. The third-order valence-corrected chi connectivity index (χ3v) is 4.23. The summed E-state index contributed by atoms with van der Waals surface area (Å²) >= 11 is 0. The van der Waals surface area contributed by atoms with Crippen molar-refractivity contribution >= 4 is 5.91 Å². The van der Waals surface area contributed by atoms with Gasteiger partial charge in [-0.25, -0.2) is 0 Å². The molecule has 1 saturated heterocycles. The van der Waals surface area contributed by atoms with E-state index in [1.165, 1.54) is 5.56 Å². The van der Waals surface area contributed by atoms with Gasteiger partial charge in [-0.15, -0.1) is 0 Å². The largest absolute Gasteiger partial charge is 0.353 e. The molecule has 5 nitrogen and oxygen atoms in total. The van der Waals surface area contributed by atoms with Crippen LogP contribution in [0.5, 0.6) is 0 Å². The lowest BCUT2D eigenvalue weighted by molar-refractivity contribution is -0.127. The van der Waals surface area contributed by atoms with Crippen molar-refractivity contribution < 1.29 is 4.79 Å². The van der Waals surface area contributed by atoms with E-state index in [-0.39, 0.29) is 18.0 Å². The van der Waals surface area contributed by atoms with Gasteiger partial charge in [-0.1, -0.05) is 12.1 Å². The highest BCUT2D eigenvalue weighted by atomic mass is 16.2. The van der Waals surface area contributed by atoms with Crippen molar-refractivity contribution in [3.63, 3.8) is 0 Å². The molecule has 0 spiro atoms. The van der Waals surface area contributed by atoms with Gasteiger partial charge in [0.25, 0.3) is 0 Å². The highest BCUT2D eigenvalue weighted by Gasteiger charge is 2.25. The van der Waals surface area contributed by atoms with Crippen molar-refractivity contribution in [2.45, 2.75) is 39.4 Å². The van der Waals surface area contributed by atoms with Crippen molar-refractivity contribution in [3.8, 4) is 6.07 Å². The van der Waals surface area contributed by atoms with E-state index in [1.54, 1.807) is 0 Å². The second kappa shape index (κ2) is 8.09. The minimum atomic E-state index is -0.0820. The summed E-state index contributed by atoms with van der Waals surface area (Å²) in [6, 6.07) is 10.1. The second-order valence-electron chi connectivity index (χ2n) is 6.46. The maximum atomic E-state index is 12.1. The van der Waals surface area contributed by atoms with Gasteiger partial charge in [-0.3, -0.25) is 14.6 Å². The highest BCUT2D eigenvalue weighted by Crippen LogP contribution is 2.12. The molecule has 0 aliphatic carbocycles. The summed E-state index contributed by atoms with van der Waals surface area (Å²) in [6.45, 7) is 10.5. The summed E-state index contributed by atoms with van der Waals surface area (Å²) in [5, 5.41) is 11.9. The SMILES string of the molecule is CC(C)NC(=O)C(C)N1CCN(Cc2cccc(C#N)c2)CC1. The molecule has 1 N–H and O–H groups in total. The van der Waals surface area contributed by atoms with E-state index in [0.717, 1.165) is 32.7 Å². The first-order chi connectivity index (χ1) is 11.0. The zero-order chi connectivity index (χ0) is 16.8. The molecular weight excluding hydrogens is 288 g/mol. The third kappa shape index (κ3) is 5.05. The van der Waals surface area contributed by atoms with Gasteiger partial charge >= 0.3 is 0 Å². The smallest absolute Gasteiger partial charge is 0.237 e. The Morgan fingerprint density at radius 1 is 1.26 bits per heavy atom. The standard InChI is InChI=1S/C18H26N4O/c1-14(2)20-18(23)15(3)22-9-7-21(8-10-22)13-17-6-4-5-16(11-17)12-19/h4-6,11,14-15H,7-10,13H2,1-3H3,(H,20,23). The number of nitriles is 1. The van der Waals surface area contributed by atoms with Crippen LogP contribution in [0.2, 0.25) is 0 Å². The first kappa shape index (κ1) is 17.5. The normalized spacial score (nSPS) is 17.7. The molecule has 0 bridgehead atoms. The Morgan fingerprint density at radius 2 is 1.96 bits per heavy atom. The molecule has 1 aliphatic rings. The number of nitrogens with one attached hydrogen (secondary N) is 1. The van der Waals surface area contributed by atoms with Crippen molar-refractivity contribution in [2.24, 2.45) is 0 Å². The van der Waals surface area contributed by atoms with Gasteiger partial charge in [0.2, 0.25) is 5.91 Å². The molecule has 0 saturated carbocycles.